The third-order valence-corrected chi connectivity index (χ3v) is 1.29. The number of hydrogen-bond donors (Lipinski definition) is 0. The van der Waals surface area contributed by atoms with E-state index in [2.05, 4.69) is 18.8 Å². The van der Waals surface area contributed by atoms with Gasteiger partial charge in [-0.2, -0.15) is 13.8 Å². The Morgan fingerprint density at radius 2 is 2.00 bits per heavy atom. The van der Waals surface area contributed by atoms with Crippen LogP contribution in [0.5, 0.6) is 0 Å². The van der Waals surface area contributed by atoms with Crippen molar-refractivity contribution in [1.82, 2.24) is 9.55 Å². The van der Waals surface area contributed by atoms with Crippen LogP contribution in [0, 0.1) is 44.5 Å². The Bertz CT molecular complexity index is 211. The van der Waals surface area contributed by atoms with E-state index in [9.17, 15) is 0 Å². The predicted octanol–water partition coefficient (Wildman–Crippen LogP) is 2.02. The van der Waals surface area contributed by atoms with Gasteiger partial charge in [-0.15, -0.1) is 6.42 Å². The van der Waals surface area contributed by atoms with E-state index in [4.69, 9.17) is 0 Å². The van der Waals surface area contributed by atoms with Crippen LogP contribution in [0.15, 0.2) is 12.5 Å². The Hall–Kier alpha value is 0.846. The Kier molecular flexibility index (Phi) is 14.0. The van der Waals surface area contributed by atoms with Crippen molar-refractivity contribution in [3.8, 4) is 0 Å². The Balaban J connectivity index is -0.000000333. The van der Waals surface area contributed by atoms with E-state index in [0.717, 1.165) is 12.1 Å². The number of aryl methyl sites for hydroxylation is 1. The molecule has 0 aromatic carbocycles. The summed E-state index contributed by atoms with van der Waals surface area (Å²) >= 11 is 0. The molecule has 1 radical (unpaired) electrons. The largest absolute Gasteiger partial charge is 0.358 e. The molecule has 1 aromatic heterocycles. The van der Waals surface area contributed by atoms with Crippen molar-refractivity contribution in [2.75, 3.05) is 0 Å². The van der Waals surface area contributed by atoms with Crippen molar-refractivity contribution >= 4 is 0 Å². The fourth-order valence-electron chi connectivity index (χ4n) is 0.920. The quantitative estimate of drug-likeness (QED) is 0.643. The van der Waals surface area contributed by atoms with Crippen LogP contribution in [0.25, 0.3) is 0 Å². The van der Waals surface area contributed by atoms with Gasteiger partial charge in [0.2, 0.25) is 0 Å². The van der Waals surface area contributed by atoms with Crippen LogP contribution in [0.1, 0.15) is 19.5 Å². The third-order valence-electron chi connectivity index (χ3n) is 1.29. The number of rotatable bonds is 2. The molecule has 0 saturated heterocycles. The third kappa shape index (κ3) is 7.88. The van der Waals surface area contributed by atoms with Gasteiger partial charge in [0, 0.05) is 68.6 Å². The van der Waals surface area contributed by atoms with Gasteiger partial charge in [-0.3, -0.25) is 0 Å². The molecule has 0 aliphatic carbocycles. The van der Waals surface area contributed by atoms with Gasteiger partial charge in [-0.05, 0) is 0 Å². The van der Waals surface area contributed by atoms with E-state index in [1.807, 2.05) is 24.1 Å². The van der Waals surface area contributed by atoms with Crippen molar-refractivity contribution in [2.24, 2.45) is 7.05 Å². The zero-order chi connectivity index (χ0) is 7.56. The fraction of sp³-hybridized carbons (Fsp3) is 0.444. The molecule has 0 amide bonds. The van der Waals surface area contributed by atoms with E-state index in [1.165, 1.54) is 5.92 Å². The summed E-state index contributed by atoms with van der Waals surface area (Å²) in [6.45, 7) is 4.24. The van der Waals surface area contributed by atoms with E-state index >= 15 is 0 Å². The molecule has 1 aromatic rings. The summed E-state index contributed by atoms with van der Waals surface area (Å²) in [5.41, 5.74) is 1.16. The van der Waals surface area contributed by atoms with E-state index < -0.39 is 0 Å². The van der Waals surface area contributed by atoms with Crippen molar-refractivity contribution in [1.29, 1.82) is 0 Å². The zero-order valence-electron chi connectivity index (χ0n) is 8.70. The van der Waals surface area contributed by atoms with E-state index in [0.29, 0.717) is 0 Å². The first-order chi connectivity index (χ1) is 4.68. The second-order valence-electron chi connectivity index (χ2n) is 2.91. The van der Waals surface area contributed by atoms with Gasteiger partial charge >= 0.3 is 0 Å². The molecule has 73 valence electrons. The van der Waals surface area contributed by atoms with Crippen molar-refractivity contribution in [3.63, 3.8) is 0 Å². The summed E-state index contributed by atoms with van der Waals surface area (Å²) in [7, 11) is 1.99. The standard InChI is InChI=1S/C8H13N2.CH3.U.V/c1-7(2)4-8-5-10(3)6-9-8;;;/h5-6H,4H2,1-3H3;1H3;;/q2*-1;;. The summed E-state index contributed by atoms with van der Waals surface area (Å²) in [4.78, 5) is 4.20. The van der Waals surface area contributed by atoms with Crippen LogP contribution >= 0.6 is 0 Å². The molecule has 13 heavy (non-hydrogen) atoms. The molecule has 4 heteroatoms. The molecule has 0 saturated carbocycles. The number of nitrogens with zero attached hydrogens (tertiary/aromatic N) is 2. The van der Waals surface area contributed by atoms with Crippen LogP contribution in [-0.2, 0) is 32.0 Å². The van der Waals surface area contributed by atoms with Crippen molar-refractivity contribution in [3.05, 3.63) is 31.6 Å². The average Bonchev–Trinajstić information content (AvgIpc) is 2.13. The summed E-state index contributed by atoms with van der Waals surface area (Å²) in [6.07, 6.45) is 4.88. The molecule has 0 fully saturated rings. The van der Waals surface area contributed by atoms with Crippen LogP contribution in [-0.4, -0.2) is 9.55 Å². The van der Waals surface area contributed by atoms with E-state index in [1.54, 1.807) is 0 Å². The minimum absolute atomic E-state index is 0. The van der Waals surface area contributed by atoms with Gasteiger partial charge in [-0.1, -0.05) is 0 Å². The first-order valence-corrected chi connectivity index (χ1v) is 3.44. The van der Waals surface area contributed by atoms with Crippen LogP contribution in [0.2, 0.25) is 0 Å². The van der Waals surface area contributed by atoms with Gasteiger partial charge in [0.05, 0.1) is 6.33 Å². The zero-order valence-corrected chi connectivity index (χ0v) is 14.3. The monoisotopic (exact) mass is 441 g/mol. The molecule has 0 aliphatic rings. The molecule has 0 spiro atoms. The minimum Gasteiger partial charge on any atom is -0.358 e. The smallest absolute Gasteiger partial charge is 0.0945 e. The molecule has 0 aliphatic heterocycles. The van der Waals surface area contributed by atoms with Crippen LogP contribution in [0.4, 0.5) is 0 Å². The summed E-state index contributed by atoms with van der Waals surface area (Å²) in [5, 5.41) is 0. The Labute approximate surface area is 117 Å². The fourth-order valence-corrected chi connectivity index (χ4v) is 0.920. The number of aromatic nitrogens is 2. The number of imidazole rings is 1. The first-order valence-electron chi connectivity index (χ1n) is 3.44. The van der Waals surface area contributed by atoms with E-state index in [-0.39, 0.29) is 57.1 Å². The van der Waals surface area contributed by atoms with Gasteiger partial charge < -0.3 is 17.9 Å². The molecule has 0 N–H and O–H groups in total. The number of hydrogen-bond acceptors (Lipinski definition) is 1. The summed E-state index contributed by atoms with van der Waals surface area (Å²) in [6, 6.07) is 0. The maximum Gasteiger partial charge on any atom is 0.0945 e. The molecule has 0 bridgehead atoms. The molecular weight excluding hydrogens is 425 g/mol. The van der Waals surface area contributed by atoms with Crippen LogP contribution < -0.4 is 0 Å². The molecule has 1 rings (SSSR count). The molecule has 0 atom stereocenters. The molecule has 1 heterocycles. The van der Waals surface area contributed by atoms with Crippen LogP contribution in [0.3, 0.4) is 0 Å². The maximum absolute atomic E-state index is 4.20. The molecular formula is C9H16N2UV-2. The summed E-state index contributed by atoms with van der Waals surface area (Å²) in [5.74, 6) is 1.40. The minimum atomic E-state index is 0. The topological polar surface area (TPSA) is 17.8 Å². The summed E-state index contributed by atoms with van der Waals surface area (Å²) < 4.78 is 1.97. The maximum atomic E-state index is 4.20. The Morgan fingerprint density at radius 1 is 1.46 bits per heavy atom. The van der Waals surface area contributed by atoms with Gasteiger partial charge in [0.25, 0.3) is 0 Å². The van der Waals surface area contributed by atoms with Gasteiger partial charge in [0.1, 0.15) is 0 Å². The van der Waals surface area contributed by atoms with Gasteiger partial charge in [-0.25, -0.2) is 4.98 Å². The molecule has 2 nitrogen and oxygen atoms in total. The Morgan fingerprint density at radius 3 is 2.31 bits per heavy atom. The second-order valence-corrected chi connectivity index (χ2v) is 2.91. The van der Waals surface area contributed by atoms with Gasteiger partial charge in [0.15, 0.2) is 0 Å². The van der Waals surface area contributed by atoms with Crippen molar-refractivity contribution < 1.29 is 49.7 Å². The molecule has 0 unspecified atom stereocenters. The average molecular weight is 441 g/mol. The SMILES string of the molecule is C[C-](C)Cc1cn(C)cn1.[CH3-].[U].[V]. The normalized spacial score (nSPS) is 8.31. The predicted molar refractivity (Wildman–Crippen MR) is 47.9 cm³/mol. The second kappa shape index (κ2) is 9.40. The first kappa shape index (κ1) is 19.4. The van der Waals surface area contributed by atoms with Crippen molar-refractivity contribution in [2.45, 2.75) is 20.3 Å².